The van der Waals surface area contributed by atoms with Crippen molar-refractivity contribution in [2.24, 2.45) is 11.3 Å². The van der Waals surface area contributed by atoms with E-state index in [-0.39, 0.29) is 30.2 Å². The minimum absolute atomic E-state index is 0. The minimum atomic E-state index is -2.49. The van der Waals surface area contributed by atoms with Crippen LogP contribution < -0.4 is 28.1 Å². The van der Waals surface area contributed by atoms with Crippen molar-refractivity contribution in [3.63, 3.8) is 0 Å². The summed E-state index contributed by atoms with van der Waals surface area (Å²) in [7, 11) is 0. The van der Waals surface area contributed by atoms with Crippen molar-refractivity contribution < 1.29 is 46.1 Å². The topological polar surface area (TPSA) is 0 Å². The van der Waals surface area contributed by atoms with Gasteiger partial charge in [-0.3, -0.25) is 0 Å². The summed E-state index contributed by atoms with van der Waals surface area (Å²) in [5, 5.41) is 0. The van der Waals surface area contributed by atoms with Crippen molar-refractivity contribution in [2.75, 3.05) is 0 Å². The summed E-state index contributed by atoms with van der Waals surface area (Å²) < 4.78 is 5.21. The van der Waals surface area contributed by atoms with Crippen LogP contribution in [0.25, 0.3) is 11.1 Å². The molecule has 0 nitrogen and oxygen atoms in total. The molecule has 1 unspecified atom stereocenters. The van der Waals surface area contributed by atoms with Gasteiger partial charge in [0.2, 0.25) is 0 Å². The molecule has 0 spiro atoms. The molecule has 39 heavy (non-hydrogen) atoms. The Hall–Kier alpha value is -1.53. The Kier molecular flexibility index (Phi) is 10.6. The third-order valence-electron chi connectivity index (χ3n) is 8.39. The van der Waals surface area contributed by atoms with Crippen LogP contribution in [0.2, 0.25) is 0 Å². The number of hydrogen-bond donors (Lipinski definition) is 0. The van der Waals surface area contributed by atoms with Crippen molar-refractivity contribution in [2.45, 2.75) is 74.1 Å². The SMILES string of the molecule is CCCCC1C=C(C(C)(C)C)C=[C]1/[Zr+2](=[C](\C)c1ccccc1)[c]1c(C)ccc2c1Cc1cc(C)ccc1-2.[Cl-].[Cl-]. The number of aryl methyl sites for hydroxylation is 2. The van der Waals surface area contributed by atoms with Crippen molar-refractivity contribution >= 4 is 6.48 Å². The first-order chi connectivity index (χ1) is 17.7. The Morgan fingerprint density at radius 3 is 2.28 bits per heavy atom. The molecular weight excluding hydrogens is 595 g/mol. The van der Waals surface area contributed by atoms with E-state index >= 15 is 0 Å². The molecule has 0 N–H and O–H groups in total. The standard InChI is InChI=1S/C15H13.C13H21.C8H8.2ClH.Zr/c1-10-3-5-14-12(7-10)9-13-8-11(2)4-6-15(13)14;1-5-6-7-11-8-9-12(10-11)13(2,3)4;1-2-8-6-4-3-5-7-8;;;/h3-7H,9H2,1-2H3;9-11H,5-7H2,1-4H3;3-7H,1H3;2*1H;/q;;;;;+2/p-2. The molecule has 0 radical (unpaired) electrons. The molecular formula is C36H42Cl2Zr. The second-order valence-corrected chi connectivity index (χ2v) is 18.5. The number of halogens is 2. The smallest absolute Gasteiger partial charge is 1.00 e. The first-order valence-corrected chi connectivity index (χ1v) is 17.8. The Balaban J connectivity index is 0.00000210. The van der Waals surface area contributed by atoms with Gasteiger partial charge in [-0.1, -0.05) is 0 Å². The van der Waals surface area contributed by atoms with Crippen LogP contribution in [0, 0.1) is 25.2 Å². The second kappa shape index (κ2) is 13.0. The van der Waals surface area contributed by atoms with Crippen molar-refractivity contribution in [3.8, 4) is 11.1 Å². The molecule has 2 aliphatic carbocycles. The zero-order valence-corrected chi connectivity index (χ0v) is 28.6. The van der Waals surface area contributed by atoms with Crippen LogP contribution in [-0.2, 0) is 27.7 Å². The molecule has 3 heteroatoms. The number of rotatable bonds is 6. The summed E-state index contributed by atoms with van der Waals surface area (Å²) >= 11 is -2.49. The first-order valence-electron chi connectivity index (χ1n) is 14.1. The van der Waals surface area contributed by atoms with Gasteiger partial charge in [-0.05, 0) is 0 Å². The average Bonchev–Trinajstić information content (AvgIpc) is 3.46. The van der Waals surface area contributed by atoms with Gasteiger partial charge in [0.25, 0.3) is 0 Å². The monoisotopic (exact) mass is 634 g/mol. The molecule has 2 aliphatic rings. The van der Waals surface area contributed by atoms with Gasteiger partial charge in [0, 0.05) is 0 Å². The molecule has 0 bridgehead atoms. The van der Waals surface area contributed by atoms with E-state index in [0.717, 1.165) is 6.42 Å². The van der Waals surface area contributed by atoms with Crippen molar-refractivity contribution in [3.05, 3.63) is 109 Å². The molecule has 0 aliphatic heterocycles. The van der Waals surface area contributed by atoms with E-state index in [2.05, 4.69) is 121 Å². The van der Waals surface area contributed by atoms with Crippen LogP contribution in [0.15, 0.2) is 81.7 Å². The second-order valence-electron chi connectivity index (χ2n) is 12.2. The maximum atomic E-state index is 2.67. The minimum Gasteiger partial charge on any atom is -1.00 e. The van der Waals surface area contributed by atoms with Gasteiger partial charge in [0.1, 0.15) is 0 Å². The van der Waals surface area contributed by atoms with Crippen molar-refractivity contribution in [1.82, 2.24) is 0 Å². The molecule has 5 rings (SSSR count). The van der Waals surface area contributed by atoms with Gasteiger partial charge in [-0.25, -0.2) is 0 Å². The van der Waals surface area contributed by atoms with Gasteiger partial charge in [-0.2, -0.15) is 0 Å². The Morgan fingerprint density at radius 2 is 1.62 bits per heavy atom. The molecule has 1 atom stereocenters. The van der Waals surface area contributed by atoms with E-state index in [4.69, 9.17) is 0 Å². The zero-order chi connectivity index (χ0) is 26.3. The van der Waals surface area contributed by atoms with Gasteiger partial charge in [-0.15, -0.1) is 0 Å². The van der Waals surface area contributed by atoms with Gasteiger partial charge < -0.3 is 24.8 Å². The van der Waals surface area contributed by atoms with E-state index in [9.17, 15) is 0 Å². The van der Waals surface area contributed by atoms with Crippen LogP contribution in [0.3, 0.4) is 0 Å². The third-order valence-corrected chi connectivity index (χ3v) is 16.6. The molecule has 0 heterocycles. The normalized spacial score (nSPS) is 15.9. The predicted octanol–water partition coefficient (Wildman–Crippen LogP) is 3.04. The fraction of sp³-hybridized carbons (Fsp3) is 0.361. The Bertz CT molecular complexity index is 1430. The average molecular weight is 637 g/mol. The molecule has 3 aromatic rings. The van der Waals surface area contributed by atoms with E-state index in [1.165, 1.54) is 52.6 Å². The van der Waals surface area contributed by atoms with Crippen LogP contribution >= 0.6 is 0 Å². The predicted molar refractivity (Wildman–Crippen MR) is 159 cm³/mol. The Labute approximate surface area is 257 Å². The third kappa shape index (κ3) is 6.37. The molecule has 0 saturated carbocycles. The number of allylic oxidation sites excluding steroid dienone is 4. The van der Waals surface area contributed by atoms with Crippen LogP contribution in [0.1, 0.15) is 81.7 Å². The largest absolute Gasteiger partial charge is 1.00 e. The summed E-state index contributed by atoms with van der Waals surface area (Å²) in [6.07, 6.45) is 10.3. The van der Waals surface area contributed by atoms with E-state index < -0.39 is 21.3 Å². The first kappa shape index (κ1) is 32.0. The summed E-state index contributed by atoms with van der Waals surface area (Å²) in [5.41, 5.74) is 12.1. The number of benzene rings is 3. The Morgan fingerprint density at radius 1 is 0.923 bits per heavy atom. The molecule has 0 saturated heterocycles. The van der Waals surface area contributed by atoms with Crippen LogP contribution in [0.4, 0.5) is 0 Å². The van der Waals surface area contributed by atoms with Crippen molar-refractivity contribution in [1.29, 1.82) is 0 Å². The molecule has 0 aromatic heterocycles. The van der Waals surface area contributed by atoms with Gasteiger partial charge in [0.15, 0.2) is 0 Å². The van der Waals surface area contributed by atoms with Gasteiger partial charge >= 0.3 is 234 Å². The van der Waals surface area contributed by atoms with E-state index in [1.54, 1.807) is 20.9 Å². The number of fused-ring (bicyclic) bond motifs is 3. The maximum absolute atomic E-state index is 2.67. The van der Waals surface area contributed by atoms with Crippen LogP contribution in [-0.4, -0.2) is 3.21 Å². The summed E-state index contributed by atoms with van der Waals surface area (Å²) in [4.78, 5) is 0. The van der Waals surface area contributed by atoms with E-state index in [0.29, 0.717) is 5.92 Å². The maximum Gasteiger partial charge on any atom is -1.00 e. The van der Waals surface area contributed by atoms with Crippen LogP contribution in [0.5, 0.6) is 0 Å². The summed E-state index contributed by atoms with van der Waals surface area (Å²) in [5.74, 6) is 0.587. The molecule has 0 fully saturated rings. The number of hydrogen-bond acceptors (Lipinski definition) is 0. The zero-order valence-electron chi connectivity index (χ0n) is 24.6. The number of unbranched alkanes of at least 4 members (excludes halogenated alkanes) is 1. The molecule has 204 valence electrons. The van der Waals surface area contributed by atoms with E-state index in [1.807, 2.05) is 0 Å². The fourth-order valence-electron chi connectivity index (χ4n) is 6.27. The fourth-order valence-corrected chi connectivity index (χ4v) is 14.8. The summed E-state index contributed by atoms with van der Waals surface area (Å²) in [6, 6.07) is 23.2. The molecule has 0 amide bonds. The molecule has 3 aromatic carbocycles. The van der Waals surface area contributed by atoms with Gasteiger partial charge in [0.05, 0.1) is 0 Å². The quantitative estimate of drug-likeness (QED) is 0.306. The summed E-state index contributed by atoms with van der Waals surface area (Å²) in [6.45, 7) is 16.6.